The lowest BCUT2D eigenvalue weighted by atomic mass is 10.1. The molecule has 28 heavy (non-hydrogen) atoms. The van der Waals surface area contributed by atoms with Gasteiger partial charge in [-0.1, -0.05) is 30.0 Å². The molecule has 3 rings (SSSR count). The Kier molecular flexibility index (Phi) is 6.37. The van der Waals surface area contributed by atoms with E-state index >= 15 is 0 Å². The number of pyridine rings is 1. The van der Waals surface area contributed by atoms with Gasteiger partial charge in [0.2, 0.25) is 0 Å². The minimum absolute atomic E-state index is 0.115. The summed E-state index contributed by atoms with van der Waals surface area (Å²) < 4.78 is 0. The quantitative estimate of drug-likeness (QED) is 0.653. The summed E-state index contributed by atoms with van der Waals surface area (Å²) in [6, 6.07) is 18.1. The molecule has 1 aromatic heterocycles. The van der Waals surface area contributed by atoms with Crippen LogP contribution in [-0.2, 0) is 6.54 Å². The summed E-state index contributed by atoms with van der Waals surface area (Å²) in [6.07, 6.45) is 1.72. The third kappa shape index (κ3) is 4.93. The molecular weight excluding hydrogens is 366 g/mol. The van der Waals surface area contributed by atoms with Crippen LogP contribution >= 0.6 is 11.8 Å². The number of aromatic nitrogens is 1. The van der Waals surface area contributed by atoms with Gasteiger partial charge in [0.15, 0.2) is 0 Å². The number of aryl methyl sites for hydroxylation is 2. The highest BCUT2D eigenvalue weighted by Gasteiger charge is 2.13. The average molecular weight is 392 g/mol. The van der Waals surface area contributed by atoms with E-state index in [4.69, 9.17) is 0 Å². The Morgan fingerprint density at radius 2 is 1.79 bits per heavy atom. The average Bonchev–Trinajstić information content (AvgIpc) is 2.69. The van der Waals surface area contributed by atoms with Crippen molar-refractivity contribution in [3.63, 3.8) is 0 Å². The first kappa shape index (κ1) is 20.0. The summed E-state index contributed by atoms with van der Waals surface area (Å²) in [5.41, 5.74) is 5.27. The number of anilines is 1. The predicted molar refractivity (Wildman–Crippen MR) is 116 cm³/mol. The Balaban J connectivity index is 1.70. The van der Waals surface area contributed by atoms with Crippen molar-refractivity contribution < 1.29 is 4.79 Å². The van der Waals surface area contributed by atoms with Crippen LogP contribution in [0.3, 0.4) is 0 Å². The molecule has 0 saturated carbocycles. The van der Waals surface area contributed by atoms with Crippen LogP contribution in [0.15, 0.2) is 70.7 Å². The van der Waals surface area contributed by atoms with E-state index in [0.29, 0.717) is 17.1 Å². The number of carbonyl (C=O) groups excluding carboxylic acids is 1. The summed E-state index contributed by atoms with van der Waals surface area (Å²) in [4.78, 5) is 20.3. The largest absolute Gasteiger partial charge is 0.378 e. The van der Waals surface area contributed by atoms with E-state index in [2.05, 4.69) is 42.3 Å². The molecule has 0 unspecified atom stereocenters. The van der Waals surface area contributed by atoms with Crippen LogP contribution in [-0.4, -0.2) is 25.0 Å². The number of nitrogens with one attached hydrogen (secondary N) is 1. The van der Waals surface area contributed by atoms with Crippen LogP contribution in [0.5, 0.6) is 0 Å². The van der Waals surface area contributed by atoms with Gasteiger partial charge in [-0.25, -0.2) is 4.98 Å². The summed E-state index contributed by atoms with van der Waals surface area (Å²) in [5.74, 6) is -0.115. The molecule has 1 amide bonds. The van der Waals surface area contributed by atoms with Crippen LogP contribution in [0.1, 0.15) is 27.0 Å². The zero-order valence-corrected chi connectivity index (χ0v) is 17.5. The van der Waals surface area contributed by atoms with E-state index in [0.717, 1.165) is 16.1 Å². The Hall–Kier alpha value is -2.79. The van der Waals surface area contributed by atoms with E-state index in [1.54, 1.807) is 12.3 Å². The van der Waals surface area contributed by atoms with Crippen LogP contribution in [0, 0.1) is 13.8 Å². The second-order valence-electron chi connectivity index (χ2n) is 6.95. The van der Waals surface area contributed by atoms with Gasteiger partial charge >= 0.3 is 0 Å². The number of rotatable bonds is 6. The third-order valence-corrected chi connectivity index (χ3v) is 5.62. The second kappa shape index (κ2) is 8.93. The molecule has 144 valence electrons. The first-order chi connectivity index (χ1) is 13.4. The number of nitrogens with zero attached hydrogens (tertiary/aromatic N) is 2. The maximum absolute atomic E-state index is 12.8. The molecule has 0 radical (unpaired) electrons. The topological polar surface area (TPSA) is 45.2 Å². The highest BCUT2D eigenvalue weighted by molar-refractivity contribution is 7.99. The van der Waals surface area contributed by atoms with E-state index in [9.17, 15) is 4.79 Å². The molecule has 0 atom stereocenters. The lowest BCUT2D eigenvalue weighted by molar-refractivity contribution is 0.0947. The van der Waals surface area contributed by atoms with Crippen molar-refractivity contribution in [1.82, 2.24) is 10.3 Å². The van der Waals surface area contributed by atoms with Crippen molar-refractivity contribution in [1.29, 1.82) is 0 Å². The van der Waals surface area contributed by atoms with Gasteiger partial charge in [0, 0.05) is 37.4 Å². The van der Waals surface area contributed by atoms with Crippen molar-refractivity contribution in [2.75, 3.05) is 19.0 Å². The number of benzene rings is 2. The fourth-order valence-corrected chi connectivity index (χ4v) is 3.70. The van der Waals surface area contributed by atoms with E-state index < -0.39 is 0 Å². The summed E-state index contributed by atoms with van der Waals surface area (Å²) in [7, 11) is 4.02. The number of hydrogen-bond donors (Lipinski definition) is 1. The Labute approximate surface area is 171 Å². The highest BCUT2D eigenvalue weighted by atomic mass is 32.2. The molecule has 3 aromatic rings. The molecule has 0 aliphatic carbocycles. The molecule has 2 aromatic carbocycles. The van der Waals surface area contributed by atoms with Crippen LogP contribution in [0.25, 0.3) is 0 Å². The first-order valence-electron chi connectivity index (χ1n) is 9.18. The van der Waals surface area contributed by atoms with Gasteiger partial charge in [0.1, 0.15) is 5.03 Å². The standard InChI is InChI=1S/C23H25N3OS/c1-16-7-12-20(14-17(16)2)28-23-21(6-5-13-24-23)22(27)25-15-18-8-10-19(11-9-18)26(3)4/h5-14H,15H2,1-4H3,(H,25,27). The molecular formula is C23H25N3OS. The predicted octanol–water partition coefficient (Wildman–Crippen LogP) is 4.85. The Bertz CT molecular complexity index is 968. The fourth-order valence-electron chi connectivity index (χ4n) is 2.72. The third-order valence-electron chi connectivity index (χ3n) is 4.61. The zero-order valence-electron chi connectivity index (χ0n) is 16.7. The normalized spacial score (nSPS) is 10.6. The SMILES string of the molecule is Cc1ccc(Sc2ncccc2C(=O)NCc2ccc(N(C)C)cc2)cc1C. The molecule has 0 aliphatic heterocycles. The summed E-state index contributed by atoms with van der Waals surface area (Å²) >= 11 is 1.51. The highest BCUT2D eigenvalue weighted by Crippen LogP contribution is 2.30. The molecule has 0 aliphatic rings. The summed E-state index contributed by atoms with van der Waals surface area (Å²) in [5, 5.41) is 3.72. The van der Waals surface area contributed by atoms with Gasteiger partial charge in [0.25, 0.3) is 5.91 Å². The van der Waals surface area contributed by atoms with Gasteiger partial charge in [0.05, 0.1) is 5.56 Å². The molecule has 0 spiro atoms. The van der Waals surface area contributed by atoms with Crippen molar-refractivity contribution in [2.45, 2.75) is 30.3 Å². The van der Waals surface area contributed by atoms with Crippen molar-refractivity contribution in [2.24, 2.45) is 0 Å². The van der Waals surface area contributed by atoms with Gasteiger partial charge in [-0.3, -0.25) is 4.79 Å². The molecule has 0 saturated heterocycles. The summed E-state index contributed by atoms with van der Waals surface area (Å²) in [6.45, 7) is 4.66. The van der Waals surface area contributed by atoms with Gasteiger partial charge < -0.3 is 10.2 Å². The molecule has 4 nitrogen and oxygen atoms in total. The van der Waals surface area contributed by atoms with Crippen molar-refractivity contribution in [3.05, 3.63) is 83.0 Å². The van der Waals surface area contributed by atoms with Crippen LogP contribution < -0.4 is 10.2 Å². The maximum Gasteiger partial charge on any atom is 0.254 e. The van der Waals surface area contributed by atoms with E-state index in [1.807, 2.05) is 49.3 Å². The molecule has 0 bridgehead atoms. The molecule has 1 N–H and O–H groups in total. The van der Waals surface area contributed by atoms with Gasteiger partial charge in [-0.15, -0.1) is 0 Å². The fraction of sp³-hybridized carbons (Fsp3) is 0.217. The minimum Gasteiger partial charge on any atom is -0.378 e. The molecule has 0 fully saturated rings. The lowest BCUT2D eigenvalue weighted by Crippen LogP contribution is -2.23. The number of hydrogen-bond acceptors (Lipinski definition) is 4. The second-order valence-corrected chi connectivity index (χ2v) is 8.01. The maximum atomic E-state index is 12.8. The zero-order chi connectivity index (χ0) is 20.1. The lowest BCUT2D eigenvalue weighted by Gasteiger charge is -2.13. The Morgan fingerprint density at radius 3 is 2.46 bits per heavy atom. The molecule has 5 heteroatoms. The van der Waals surface area contributed by atoms with Crippen LogP contribution in [0.2, 0.25) is 0 Å². The van der Waals surface area contributed by atoms with Crippen LogP contribution in [0.4, 0.5) is 5.69 Å². The monoisotopic (exact) mass is 391 g/mol. The van der Waals surface area contributed by atoms with Gasteiger partial charge in [-0.2, -0.15) is 0 Å². The van der Waals surface area contributed by atoms with E-state index in [-0.39, 0.29) is 5.91 Å². The van der Waals surface area contributed by atoms with E-state index in [1.165, 1.54) is 22.9 Å². The smallest absolute Gasteiger partial charge is 0.254 e. The first-order valence-corrected chi connectivity index (χ1v) is 10.0. The van der Waals surface area contributed by atoms with Crippen molar-refractivity contribution >= 4 is 23.4 Å². The molecule has 1 heterocycles. The minimum atomic E-state index is -0.115. The number of carbonyl (C=O) groups is 1. The Morgan fingerprint density at radius 1 is 1.04 bits per heavy atom. The van der Waals surface area contributed by atoms with Gasteiger partial charge in [-0.05, 0) is 66.9 Å². The number of amides is 1. The van der Waals surface area contributed by atoms with Crippen molar-refractivity contribution in [3.8, 4) is 0 Å².